The molecular weight excluding hydrogens is 331 g/mol. The highest BCUT2D eigenvalue weighted by molar-refractivity contribution is 7.90. The van der Waals surface area contributed by atoms with Crippen molar-refractivity contribution in [2.75, 3.05) is 6.26 Å². The second kappa shape index (κ2) is 5.91. The highest BCUT2D eigenvalue weighted by Crippen LogP contribution is 2.35. The molecule has 0 aliphatic rings. The average molecular weight is 345 g/mol. The van der Waals surface area contributed by atoms with E-state index in [0.717, 1.165) is 17.4 Å². The van der Waals surface area contributed by atoms with Crippen molar-refractivity contribution in [2.45, 2.75) is 19.1 Å². The van der Waals surface area contributed by atoms with Crippen LogP contribution in [-0.2, 0) is 9.84 Å². The third-order valence-corrected chi connectivity index (χ3v) is 5.30. The summed E-state index contributed by atoms with van der Waals surface area (Å²) in [7, 11) is -3.32. The Hall–Kier alpha value is -1.17. The standard InChI is InChI=1S/C14H14Cl2N2O2S/c1-8-6-4-5-7-10(8)11-12(15)17-14(18-13(11)16)9(2)21(3,19)20/h4-7,9H,1-3H3. The van der Waals surface area contributed by atoms with Crippen molar-refractivity contribution >= 4 is 33.0 Å². The number of aryl methyl sites for hydroxylation is 1. The summed E-state index contributed by atoms with van der Waals surface area (Å²) in [6.07, 6.45) is 1.12. The molecule has 0 aliphatic heterocycles. The van der Waals surface area contributed by atoms with Crippen LogP contribution in [0.1, 0.15) is 23.6 Å². The van der Waals surface area contributed by atoms with Crippen LogP contribution in [0.4, 0.5) is 0 Å². The molecule has 0 bridgehead atoms. The summed E-state index contributed by atoms with van der Waals surface area (Å²) in [5.74, 6) is 0.102. The number of hydrogen-bond acceptors (Lipinski definition) is 4. The molecule has 21 heavy (non-hydrogen) atoms. The molecule has 0 saturated carbocycles. The maximum atomic E-state index is 11.6. The summed E-state index contributed by atoms with van der Waals surface area (Å²) in [5, 5.41) is -0.567. The van der Waals surface area contributed by atoms with E-state index in [4.69, 9.17) is 23.2 Å². The van der Waals surface area contributed by atoms with Crippen molar-refractivity contribution in [3.63, 3.8) is 0 Å². The number of nitrogens with zero attached hydrogens (tertiary/aromatic N) is 2. The van der Waals surface area contributed by atoms with Gasteiger partial charge in [-0.25, -0.2) is 18.4 Å². The minimum Gasteiger partial charge on any atom is -0.228 e. The Bertz CT molecular complexity index is 768. The van der Waals surface area contributed by atoms with E-state index in [1.54, 1.807) is 0 Å². The van der Waals surface area contributed by atoms with Crippen LogP contribution < -0.4 is 0 Å². The molecule has 0 amide bonds. The number of aromatic nitrogens is 2. The summed E-state index contributed by atoms with van der Waals surface area (Å²) in [6, 6.07) is 7.56. The van der Waals surface area contributed by atoms with Gasteiger partial charge < -0.3 is 0 Å². The topological polar surface area (TPSA) is 59.9 Å². The molecule has 1 aromatic carbocycles. The SMILES string of the molecule is Cc1ccccc1-c1c(Cl)nc(C(C)S(C)(=O)=O)nc1Cl. The van der Waals surface area contributed by atoms with Crippen molar-refractivity contribution in [2.24, 2.45) is 0 Å². The molecule has 0 saturated heterocycles. The third-order valence-electron chi connectivity index (χ3n) is 3.26. The first-order valence-electron chi connectivity index (χ1n) is 6.19. The normalized spacial score (nSPS) is 13.2. The van der Waals surface area contributed by atoms with E-state index in [-0.39, 0.29) is 16.1 Å². The second-order valence-electron chi connectivity index (χ2n) is 4.83. The molecule has 1 unspecified atom stereocenters. The number of halogens is 2. The predicted molar refractivity (Wildman–Crippen MR) is 85.5 cm³/mol. The Kier molecular flexibility index (Phi) is 4.56. The predicted octanol–water partition coefficient (Wildman–Crippen LogP) is 3.86. The quantitative estimate of drug-likeness (QED) is 0.793. The lowest BCUT2D eigenvalue weighted by atomic mass is 10.0. The Morgan fingerprint density at radius 1 is 1.10 bits per heavy atom. The van der Waals surface area contributed by atoms with Crippen LogP contribution in [0.15, 0.2) is 24.3 Å². The van der Waals surface area contributed by atoms with Crippen molar-refractivity contribution in [1.29, 1.82) is 0 Å². The summed E-state index contributed by atoms with van der Waals surface area (Å²) < 4.78 is 23.2. The largest absolute Gasteiger partial charge is 0.228 e. The van der Waals surface area contributed by atoms with Crippen LogP contribution in [0.25, 0.3) is 11.1 Å². The van der Waals surface area contributed by atoms with Crippen molar-refractivity contribution < 1.29 is 8.42 Å². The molecule has 0 N–H and O–H groups in total. The zero-order chi connectivity index (χ0) is 15.8. The Morgan fingerprint density at radius 2 is 1.62 bits per heavy atom. The Labute approximate surface area is 134 Å². The van der Waals surface area contributed by atoms with Gasteiger partial charge >= 0.3 is 0 Å². The van der Waals surface area contributed by atoms with Gasteiger partial charge in [0.15, 0.2) is 9.84 Å². The van der Waals surface area contributed by atoms with E-state index in [1.807, 2.05) is 31.2 Å². The molecule has 0 fully saturated rings. The van der Waals surface area contributed by atoms with Crippen molar-refractivity contribution in [3.8, 4) is 11.1 Å². The number of rotatable bonds is 3. The summed E-state index contributed by atoms with van der Waals surface area (Å²) in [6.45, 7) is 3.43. The fraction of sp³-hybridized carbons (Fsp3) is 0.286. The molecule has 112 valence electrons. The molecule has 4 nitrogen and oxygen atoms in total. The molecular formula is C14H14Cl2N2O2S. The molecule has 2 rings (SSSR count). The summed E-state index contributed by atoms with van der Waals surface area (Å²) in [5.41, 5.74) is 2.32. The fourth-order valence-corrected chi connectivity index (χ4v) is 2.96. The number of benzene rings is 1. The van der Waals surface area contributed by atoms with E-state index in [9.17, 15) is 8.42 Å². The molecule has 1 heterocycles. The molecule has 1 aromatic heterocycles. The lowest BCUT2D eigenvalue weighted by Gasteiger charge is -2.13. The molecule has 7 heteroatoms. The zero-order valence-electron chi connectivity index (χ0n) is 11.8. The third kappa shape index (κ3) is 3.36. The van der Waals surface area contributed by atoms with Gasteiger partial charge in [-0.05, 0) is 25.0 Å². The number of hydrogen-bond donors (Lipinski definition) is 0. The molecule has 0 radical (unpaired) electrons. The van der Waals surface area contributed by atoms with Gasteiger partial charge in [0.2, 0.25) is 0 Å². The van der Waals surface area contributed by atoms with E-state index in [2.05, 4.69) is 9.97 Å². The van der Waals surface area contributed by atoms with Gasteiger partial charge in [-0.3, -0.25) is 0 Å². The van der Waals surface area contributed by atoms with Gasteiger partial charge in [-0.2, -0.15) is 0 Å². The van der Waals surface area contributed by atoms with Crippen LogP contribution in [0.2, 0.25) is 10.3 Å². The Balaban J connectivity index is 2.61. The molecule has 0 aliphatic carbocycles. The molecule has 0 spiro atoms. The first-order chi connectivity index (χ1) is 9.71. The zero-order valence-corrected chi connectivity index (χ0v) is 14.1. The Morgan fingerprint density at radius 3 is 2.10 bits per heavy atom. The minimum absolute atomic E-state index is 0.102. The van der Waals surface area contributed by atoms with Gasteiger partial charge in [0.1, 0.15) is 21.4 Å². The van der Waals surface area contributed by atoms with E-state index < -0.39 is 15.1 Å². The van der Waals surface area contributed by atoms with E-state index >= 15 is 0 Å². The van der Waals surface area contributed by atoms with Crippen LogP contribution in [0, 0.1) is 6.92 Å². The first-order valence-corrected chi connectivity index (χ1v) is 8.90. The summed E-state index contributed by atoms with van der Waals surface area (Å²) >= 11 is 12.4. The van der Waals surface area contributed by atoms with Crippen molar-refractivity contribution in [1.82, 2.24) is 9.97 Å². The lowest BCUT2D eigenvalue weighted by Crippen LogP contribution is -2.12. The van der Waals surface area contributed by atoms with Gasteiger partial charge in [0.05, 0.1) is 5.56 Å². The first kappa shape index (κ1) is 16.2. The van der Waals surface area contributed by atoms with Crippen LogP contribution >= 0.6 is 23.2 Å². The van der Waals surface area contributed by atoms with E-state index in [1.165, 1.54) is 6.92 Å². The number of sulfone groups is 1. The van der Waals surface area contributed by atoms with Gasteiger partial charge in [0, 0.05) is 6.26 Å². The maximum absolute atomic E-state index is 11.6. The van der Waals surface area contributed by atoms with Crippen LogP contribution in [0.5, 0.6) is 0 Å². The smallest absolute Gasteiger partial charge is 0.157 e. The highest BCUT2D eigenvalue weighted by Gasteiger charge is 2.23. The van der Waals surface area contributed by atoms with Gasteiger partial charge in [-0.15, -0.1) is 0 Å². The fourth-order valence-electron chi connectivity index (χ4n) is 1.87. The van der Waals surface area contributed by atoms with Crippen molar-refractivity contribution in [3.05, 3.63) is 46.0 Å². The lowest BCUT2D eigenvalue weighted by molar-refractivity contribution is 0.589. The second-order valence-corrected chi connectivity index (χ2v) is 7.91. The average Bonchev–Trinajstić information content (AvgIpc) is 2.38. The molecule has 2 aromatic rings. The van der Waals surface area contributed by atoms with Gasteiger partial charge in [0.25, 0.3) is 0 Å². The summed E-state index contributed by atoms with van der Waals surface area (Å²) in [4.78, 5) is 8.22. The monoisotopic (exact) mass is 344 g/mol. The minimum atomic E-state index is -3.32. The van der Waals surface area contributed by atoms with Crippen LogP contribution in [0.3, 0.4) is 0 Å². The highest BCUT2D eigenvalue weighted by atomic mass is 35.5. The van der Waals surface area contributed by atoms with Crippen LogP contribution in [-0.4, -0.2) is 24.6 Å². The molecule has 1 atom stereocenters. The van der Waals surface area contributed by atoms with E-state index in [0.29, 0.717) is 5.56 Å². The maximum Gasteiger partial charge on any atom is 0.157 e. The van der Waals surface area contributed by atoms with Gasteiger partial charge in [-0.1, -0.05) is 47.5 Å².